The zero-order valence-electron chi connectivity index (χ0n) is 9.70. The quantitative estimate of drug-likeness (QED) is 0.718. The van der Waals surface area contributed by atoms with E-state index in [-0.39, 0.29) is 5.69 Å². The lowest BCUT2D eigenvalue weighted by atomic mass is 10.1. The fourth-order valence-corrected chi connectivity index (χ4v) is 2.08. The van der Waals surface area contributed by atoms with Crippen molar-refractivity contribution < 1.29 is 9.59 Å². The fourth-order valence-electron chi connectivity index (χ4n) is 2.08. The van der Waals surface area contributed by atoms with Crippen molar-refractivity contribution in [2.24, 2.45) is 0 Å². The summed E-state index contributed by atoms with van der Waals surface area (Å²) in [5, 5.41) is 10.3. The lowest BCUT2D eigenvalue weighted by molar-refractivity contribution is -0.119. The number of fused-ring (bicyclic) bond motifs is 1. The Kier molecular flexibility index (Phi) is 2.36. The van der Waals surface area contributed by atoms with Gasteiger partial charge in [-0.3, -0.25) is 9.59 Å². The van der Waals surface area contributed by atoms with Crippen LogP contribution in [-0.4, -0.2) is 16.8 Å². The number of amides is 2. The van der Waals surface area contributed by atoms with Gasteiger partial charge in [0.2, 0.25) is 0 Å². The standard InChI is InChI=1S/C14H7N3O2/c15-7-11-9-3-1-2-4-10(9)12(8-16-11)17-13(18)5-6-14(17)19/h1-6,8H. The topological polar surface area (TPSA) is 74.1 Å². The first-order valence-corrected chi connectivity index (χ1v) is 5.56. The molecule has 19 heavy (non-hydrogen) atoms. The number of hydrogen-bond donors (Lipinski definition) is 0. The van der Waals surface area contributed by atoms with Crippen molar-refractivity contribution in [1.29, 1.82) is 5.26 Å². The van der Waals surface area contributed by atoms with Gasteiger partial charge in [0, 0.05) is 22.9 Å². The zero-order chi connectivity index (χ0) is 13.4. The molecule has 1 aromatic heterocycles. The summed E-state index contributed by atoms with van der Waals surface area (Å²) in [7, 11) is 0. The van der Waals surface area contributed by atoms with E-state index in [2.05, 4.69) is 4.98 Å². The number of pyridine rings is 1. The molecule has 1 aromatic carbocycles. The third-order valence-electron chi connectivity index (χ3n) is 2.93. The molecular formula is C14H7N3O2. The number of hydrogen-bond acceptors (Lipinski definition) is 4. The molecule has 0 saturated carbocycles. The molecule has 0 atom stereocenters. The van der Waals surface area contributed by atoms with Gasteiger partial charge in [-0.1, -0.05) is 24.3 Å². The van der Waals surface area contributed by atoms with Gasteiger partial charge in [0.15, 0.2) is 0 Å². The molecule has 3 rings (SSSR count). The number of rotatable bonds is 1. The Hall–Kier alpha value is -3.00. The van der Waals surface area contributed by atoms with Crippen LogP contribution in [0, 0.1) is 11.3 Å². The van der Waals surface area contributed by atoms with Crippen molar-refractivity contribution in [2.75, 3.05) is 4.90 Å². The highest BCUT2D eigenvalue weighted by molar-refractivity contribution is 6.30. The van der Waals surface area contributed by atoms with Crippen molar-refractivity contribution in [2.45, 2.75) is 0 Å². The number of imide groups is 1. The largest absolute Gasteiger partial charge is 0.269 e. The lowest BCUT2D eigenvalue weighted by Gasteiger charge is -2.16. The lowest BCUT2D eigenvalue weighted by Crippen LogP contribution is -2.29. The van der Waals surface area contributed by atoms with E-state index >= 15 is 0 Å². The number of anilines is 1. The first kappa shape index (κ1) is 11.1. The van der Waals surface area contributed by atoms with E-state index in [0.29, 0.717) is 16.5 Å². The molecule has 0 N–H and O–H groups in total. The molecule has 2 aromatic rings. The molecule has 0 saturated heterocycles. The molecule has 90 valence electrons. The highest BCUT2D eigenvalue weighted by atomic mass is 16.2. The summed E-state index contributed by atoms with van der Waals surface area (Å²) in [6.07, 6.45) is 3.81. The van der Waals surface area contributed by atoms with E-state index in [4.69, 9.17) is 5.26 Å². The third-order valence-corrected chi connectivity index (χ3v) is 2.93. The Morgan fingerprint density at radius 1 is 1.05 bits per heavy atom. The van der Waals surface area contributed by atoms with Gasteiger partial charge >= 0.3 is 0 Å². The predicted molar refractivity (Wildman–Crippen MR) is 68.1 cm³/mol. The van der Waals surface area contributed by atoms with Gasteiger partial charge in [-0.05, 0) is 0 Å². The van der Waals surface area contributed by atoms with Crippen molar-refractivity contribution >= 4 is 28.3 Å². The summed E-state index contributed by atoms with van der Waals surface area (Å²) in [6, 6.07) is 9.05. The molecule has 1 aliphatic rings. The zero-order valence-corrected chi connectivity index (χ0v) is 9.70. The van der Waals surface area contributed by atoms with E-state index in [0.717, 1.165) is 4.90 Å². The van der Waals surface area contributed by atoms with Crippen molar-refractivity contribution in [1.82, 2.24) is 4.98 Å². The third kappa shape index (κ3) is 1.58. The number of carbonyl (C=O) groups excluding carboxylic acids is 2. The summed E-state index contributed by atoms with van der Waals surface area (Å²) in [5.41, 5.74) is 0.668. The number of aromatic nitrogens is 1. The Labute approximate surface area is 108 Å². The molecule has 0 bridgehead atoms. The van der Waals surface area contributed by atoms with Gasteiger partial charge in [-0.2, -0.15) is 5.26 Å². The molecule has 2 heterocycles. The maximum Gasteiger partial charge on any atom is 0.258 e. The predicted octanol–water partition coefficient (Wildman–Crippen LogP) is 1.54. The minimum absolute atomic E-state index is 0.270. The average Bonchev–Trinajstić information content (AvgIpc) is 2.77. The highest BCUT2D eigenvalue weighted by Gasteiger charge is 2.27. The molecule has 5 heteroatoms. The second-order valence-corrected chi connectivity index (χ2v) is 3.99. The van der Waals surface area contributed by atoms with Crippen LogP contribution in [0.2, 0.25) is 0 Å². The Morgan fingerprint density at radius 2 is 1.68 bits per heavy atom. The smallest absolute Gasteiger partial charge is 0.258 e. The molecule has 1 aliphatic heterocycles. The van der Waals surface area contributed by atoms with Gasteiger partial charge in [-0.25, -0.2) is 9.88 Å². The number of nitriles is 1. The SMILES string of the molecule is N#Cc1ncc(N2C(=O)C=CC2=O)c2ccccc12. The van der Waals surface area contributed by atoms with Crippen molar-refractivity contribution in [3.8, 4) is 6.07 Å². The molecule has 0 radical (unpaired) electrons. The number of benzene rings is 1. The van der Waals surface area contributed by atoms with E-state index in [1.54, 1.807) is 24.3 Å². The molecular weight excluding hydrogens is 242 g/mol. The van der Waals surface area contributed by atoms with Crippen LogP contribution in [-0.2, 0) is 9.59 Å². The number of carbonyl (C=O) groups is 2. The minimum Gasteiger partial charge on any atom is -0.269 e. The minimum atomic E-state index is -0.401. The molecule has 2 amide bonds. The second kappa shape index (κ2) is 4.03. The Balaban J connectivity index is 2.30. The highest BCUT2D eigenvalue weighted by Crippen LogP contribution is 2.29. The maximum atomic E-state index is 11.7. The van der Waals surface area contributed by atoms with Crippen LogP contribution in [0.3, 0.4) is 0 Å². The van der Waals surface area contributed by atoms with Crippen LogP contribution in [0.1, 0.15) is 5.69 Å². The van der Waals surface area contributed by atoms with E-state index < -0.39 is 11.8 Å². The second-order valence-electron chi connectivity index (χ2n) is 3.99. The van der Waals surface area contributed by atoms with Crippen LogP contribution >= 0.6 is 0 Å². The van der Waals surface area contributed by atoms with E-state index in [1.807, 2.05) is 6.07 Å². The van der Waals surface area contributed by atoms with Crippen LogP contribution in [0.15, 0.2) is 42.6 Å². The summed E-state index contributed by atoms with van der Waals surface area (Å²) in [4.78, 5) is 28.5. The summed E-state index contributed by atoms with van der Waals surface area (Å²) in [6.45, 7) is 0. The van der Waals surface area contributed by atoms with Crippen LogP contribution in [0.4, 0.5) is 5.69 Å². The summed E-state index contributed by atoms with van der Waals surface area (Å²) < 4.78 is 0. The van der Waals surface area contributed by atoms with E-state index in [1.165, 1.54) is 18.3 Å². The first-order valence-electron chi connectivity index (χ1n) is 5.56. The molecule has 5 nitrogen and oxygen atoms in total. The molecule has 0 fully saturated rings. The van der Waals surface area contributed by atoms with Gasteiger partial charge in [-0.15, -0.1) is 0 Å². The summed E-state index contributed by atoms with van der Waals surface area (Å²) >= 11 is 0. The van der Waals surface area contributed by atoms with Crippen LogP contribution in [0.5, 0.6) is 0 Å². The normalized spacial score (nSPS) is 14.2. The van der Waals surface area contributed by atoms with Crippen molar-refractivity contribution in [3.05, 3.63) is 48.3 Å². The maximum absolute atomic E-state index is 11.7. The molecule has 0 unspecified atom stereocenters. The van der Waals surface area contributed by atoms with Gasteiger partial charge in [0.1, 0.15) is 11.8 Å². The molecule has 0 aliphatic carbocycles. The van der Waals surface area contributed by atoms with Crippen molar-refractivity contribution in [3.63, 3.8) is 0 Å². The monoisotopic (exact) mass is 249 g/mol. The van der Waals surface area contributed by atoms with Gasteiger partial charge in [0.05, 0.1) is 11.9 Å². The van der Waals surface area contributed by atoms with Crippen LogP contribution in [0.25, 0.3) is 10.8 Å². The van der Waals surface area contributed by atoms with Crippen LogP contribution < -0.4 is 4.90 Å². The van der Waals surface area contributed by atoms with Gasteiger partial charge < -0.3 is 0 Å². The van der Waals surface area contributed by atoms with E-state index in [9.17, 15) is 9.59 Å². The first-order chi connectivity index (χ1) is 9.22. The Bertz CT molecular complexity index is 769. The fraction of sp³-hybridized carbons (Fsp3) is 0. The van der Waals surface area contributed by atoms with Gasteiger partial charge in [0.25, 0.3) is 11.8 Å². The number of nitrogens with zero attached hydrogens (tertiary/aromatic N) is 3. The Morgan fingerprint density at radius 3 is 2.32 bits per heavy atom. The molecule has 0 spiro atoms. The average molecular weight is 249 g/mol. The summed E-state index contributed by atoms with van der Waals surface area (Å²) in [5.74, 6) is -0.802.